The number of nitrogens with two attached hydrogens (primary N) is 1. The molecule has 0 spiro atoms. The molecule has 4 nitrogen and oxygen atoms in total. The number of anilines is 2. The van der Waals surface area contributed by atoms with Gasteiger partial charge in [-0.2, -0.15) is 0 Å². The van der Waals surface area contributed by atoms with E-state index in [-0.39, 0.29) is 12.2 Å². The molecule has 3 rings (SSSR count). The number of ether oxygens (including phenoxy) is 1. The van der Waals surface area contributed by atoms with Gasteiger partial charge in [-0.05, 0) is 26.0 Å². The number of hydrogen-bond donors (Lipinski definition) is 1. The van der Waals surface area contributed by atoms with Crippen LogP contribution in [0.4, 0.5) is 11.4 Å². The lowest BCUT2D eigenvalue weighted by molar-refractivity contribution is -0.00516. The highest BCUT2D eigenvalue weighted by Crippen LogP contribution is 2.33. The minimum atomic E-state index is 0.235. The van der Waals surface area contributed by atoms with E-state index in [9.17, 15) is 0 Å². The molecule has 1 aliphatic rings. The summed E-state index contributed by atoms with van der Waals surface area (Å²) in [5.41, 5.74) is 10.9. The minimum absolute atomic E-state index is 0.235. The van der Waals surface area contributed by atoms with Crippen molar-refractivity contribution < 1.29 is 4.74 Å². The minimum Gasteiger partial charge on any atom is -0.395 e. The highest BCUT2D eigenvalue weighted by molar-refractivity contribution is 7.16. The van der Waals surface area contributed by atoms with Gasteiger partial charge in [0.2, 0.25) is 0 Å². The zero-order valence-electron chi connectivity index (χ0n) is 10.6. The maximum atomic E-state index is 6.25. The summed E-state index contributed by atoms with van der Waals surface area (Å²) < 4.78 is 6.90. The maximum Gasteiger partial charge on any atom is 0.106 e. The van der Waals surface area contributed by atoms with E-state index >= 15 is 0 Å². The van der Waals surface area contributed by atoms with Gasteiger partial charge in [0.15, 0.2) is 0 Å². The Morgan fingerprint density at radius 1 is 1.33 bits per heavy atom. The maximum absolute atomic E-state index is 6.25. The first-order valence-electron chi connectivity index (χ1n) is 6.17. The zero-order valence-corrected chi connectivity index (χ0v) is 11.4. The van der Waals surface area contributed by atoms with Crippen molar-refractivity contribution in [2.45, 2.75) is 26.1 Å². The molecule has 2 N–H and O–H groups in total. The Morgan fingerprint density at radius 3 is 2.78 bits per heavy atom. The molecule has 5 heteroatoms. The second kappa shape index (κ2) is 4.40. The van der Waals surface area contributed by atoms with Gasteiger partial charge in [0.25, 0.3) is 0 Å². The summed E-state index contributed by atoms with van der Waals surface area (Å²) in [4.78, 5) is 6.65. The Labute approximate surface area is 110 Å². The van der Waals surface area contributed by atoms with Crippen molar-refractivity contribution in [1.82, 2.24) is 4.98 Å². The van der Waals surface area contributed by atoms with E-state index in [0.29, 0.717) is 0 Å². The molecule has 1 aromatic carbocycles. The van der Waals surface area contributed by atoms with E-state index in [1.807, 2.05) is 5.51 Å². The average molecular weight is 263 g/mol. The quantitative estimate of drug-likeness (QED) is 0.803. The van der Waals surface area contributed by atoms with Crippen molar-refractivity contribution in [1.29, 1.82) is 0 Å². The predicted molar refractivity (Wildman–Crippen MR) is 76.3 cm³/mol. The van der Waals surface area contributed by atoms with Crippen LogP contribution in [0.3, 0.4) is 0 Å². The fourth-order valence-electron chi connectivity index (χ4n) is 2.59. The monoisotopic (exact) mass is 263 g/mol. The molecule has 2 atom stereocenters. The van der Waals surface area contributed by atoms with Gasteiger partial charge < -0.3 is 15.4 Å². The van der Waals surface area contributed by atoms with Crippen LogP contribution in [-0.4, -0.2) is 30.3 Å². The molecule has 0 amide bonds. The Morgan fingerprint density at radius 2 is 2.06 bits per heavy atom. The standard InChI is InChI=1S/C13H17N3OS/c1-8-5-16(6-9(2)17-8)10-3-4-11-13(12(10)14)15-7-18-11/h3-4,7-9H,5-6,14H2,1-2H3. The van der Waals surface area contributed by atoms with Crippen LogP contribution in [0.1, 0.15) is 13.8 Å². The van der Waals surface area contributed by atoms with Gasteiger partial charge in [-0.25, -0.2) is 4.98 Å². The first-order valence-corrected chi connectivity index (χ1v) is 7.05. The summed E-state index contributed by atoms with van der Waals surface area (Å²) in [6, 6.07) is 4.20. The molecule has 2 heterocycles. The molecule has 0 aliphatic carbocycles. The molecule has 2 aromatic rings. The summed E-state index contributed by atoms with van der Waals surface area (Å²) in [6.45, 7) is 5.95. The zero-order chi connectivity index (χ0) is 12.7. The fraction of sp³-hybridized carbons (Fsp3) is 0.462. The SMILES string of the molecule is CC1CN(c2ccc3scnc3c2N)CC(C)O1. The molecule has 1 fully saturated rings. The number of fused-ring (bicyclic) bond motifs is 1. The highest BCUT2D eigenvalue weighted by Gasteiger charge is 2.24. The van der Waals surface area contributed by atoms with Gasteiger partial charge in [-0.1, -0.05) is 0 Å². The van der Waals surface area contributed by atoms with Gasteiger partial charge in [0, 0.05) is 13.1 Å². The number of rotatable bonds is 1. The molecule has 2 unspecified atom stereocenters. The number of aromatic nitrogens is 1. The summed E-state index contributed by atoms with van der Waals surface area (Å²) in [6.07, 6.45) is 0.471. The molecular weight excluding hydrogens is 246 g/mol. The van der Waals surface area contributed by atoms with Crippen LogP contribution in [-0.2, 0) is 4.74 Å². The second-order valence-electron chi connectivity index (χ2n) is 4.86. The van der Waals surface area contributed by atoms with E-state index < -0.39 is 0 Å². The third-order valence-corrected chi connectivity index (χ3v) is 4.07. The average Bonchev–Trinajstić information content (AvgIpc) is 2.77. The molecule has 0 bridgehead atoms. The smallest absolute Gasteiger partial charge is 0.106 e. The number of morpholine rings is 1. The molecule has 96 valence electrons. The Hall–Kier alpha value is -1.33. The van der Waals surface area contributed by atoms with Crippen LogP contribution in [0, 0.1) is 0 Å². The van der Waals surface area contributed by atoms with Crippen molar-refractivity contribution in [3.05, 3.63) is 17.6 Å². The molecule has 1 saturated heterocycles. The number of nitrogens with zero attached hydrogens (tertiary/aromatic N) is 2. The summed E-state index contributed by atoms with van der Waals surface area (Å²) in [7, 11) is 0. The molecule has 1 aromatic heterocycles. The summed E-state index contributed by atoms with van der Waals surface area (Å²) >= 11 is 1.62. The molecular formula is C13H17N3OS. The summed E-state index contributed by atoms with van der Waals surface area (Å²) in [5.74, 6) is 0. The van der Waals surface area contributed by atoms with Crippen LogP contribution >= 0.6 is 11.3 Å². The molecule has 0 radical (unpaired) electrons. The van der Waals surface area contributed by atoms with Crippen LogP contribution in [0.15, 0.2) is 17.6 Å². The largest absolute Gasteiger partial charge is 0.395 e. The van der Waals surface area contributed by atoms with Gasteiger partial charge >= 0.3 is 0 Å². The van der Waals surface area contributed by atoms with Crippen LogP contribution in [0.25, 0.3) is 10.2 Å². The Bertz CT molecular complexity index is 558. The molecule has 1 aliphatic heterocycles. The fourth-order valence-corrected chi connectivity index (χ4v) is 3.28. The molecule has 0 saturated carbocycles. The lowest BCUT2D eigenvalue weighted by Crippen LogP contribution is -2.45. The van der Waals surface area contributed by atoms with Crippen molar-refractivity contribution in [2.75, 3.05) is 23.7 Å². The van der Waals surface area contributed by atoms with Crippen LogP contribution in [0.5, 0.6) is 0 Å². The van der Waals surface area contributed by atoms with Gasteiger partial charge in [-0.3, -0.25) is 0 Å². The van der Waals surface area contributed by atoms with Gasteiger partial charge in [0.1, 0.15) is 5.52 Å². The molecule has 18 heavy (non-hydrogen) atoms. The van der Waals surface area contributed by atoms with Crippen LogP contribution in [0.2, 0.25) is 0 Å². The first kappa shape index (κ1) is 11.7. The van der Waals surface area contributed by atoms with Crippen molar-refractivity contribution in [2.24, 2.45) is 0 Å². The van der Waals surface area contributed by atoms with E-state index in [1.54, 1.807) is 11.3 Å². The van der Waals surface area contributed by atoms with E-state index in [4.69, 9.17) is 10.5 Å². The highest BCUT2D eigenvalue weighted by atomic mass is 32.1. The van der Waals surface area contributed by atoms with Crippen LogP contribution < -0.4 is 10.6 Å². The van der Waals surface area contributed by atoms with Crippen molar-refractivity contribution in [3.8, 4) is 0 Å². The normalized spacial score (nSPS) is 24.7. The Balaban J connectivity index is 2.00. The predicted octanol–water partition coefficient (Wildman–Crippen LogP) is 2.49. The number of benzene rings is 1. The summed E-state index contributed by atoms with van der Waals surface area (Å²) in [5, 5.41) is 0. The lowest BCUT2D eigenvalue weighted by Gasteiger charge is -2.37. The third-order valence-electron chi connectivity index (χ3n) is 3.28. The first-order chi connectivity index (χ1) is 8.65. The lowest BCUT2D eigenvalue weighted by atomic mass is 10.1. The number of thiazole rings is 1. The van der Waals surface area contributed by atoms with Gasteiger partial charge in [-0.15, -0.1) is 11.3 Å². The van der Waals surface area contributed by atoms with E-state index in [1.165, 1.54) is 0 Å². The topological polar surface area (TPSA) is 51.4 Å². The van der Waals surface area contributed by atoms with E-state index in [2.05, 4.69) is 35.9 Å². The van der Waals surface area contributed by atoms with Gasteiger partial charge in [0.05, 0.1) is 33.8 Å². The number of nitrogen functional groups attached to an aromatic ring is 1. The third kappa shape index (κ3) is 1.93. The van der Waals surface area contributed by atoms with Crippen molar-refractivity contribution >= 4 is 32.9 Å². The van der Waals surface area contributed by atoms with Crippen molar-refractivity contribution in [3.63, 3.8) is 0 Å². The Kier molecular flexibility index (Phi) is 2.87. The second-order valence-corrected chi connectivity index (χ2v) is 5.75. The van der Waals surface area contributed by atoms with E-state index in [0.717, 1.165) is 34.7 Å². The number of hydrogen-bond acceptors (Lipinski definition) is 5.